The molecule has 0 amide bonds. The quantitative estimate of drug-likeness (QED) is 0.552. The van der Waals surface area contributed by atoms with Gasteiger partial charge in [-0.1, -0.05) is 24.1 Å². The summed E-state index contributed by atoms with van der Waals surface area (Å²) in [4.78, 5) is 5.04. The van der Waals surface area contributed by atoms with Crippen molar-refractivity contribution in [1.29, 1.82) is 0 Å². The molecule has 2 saturated heterocycles. The first-order valence-electron chi connectivity index (χ1n) is 6.93. The molecular formula is C16H24N2. The second kappa shape index (κ2) is 6.22. The van der Waals surface area contributed by atoms with Gasteiger partial charge in [-0.05, 0) is 50.9 Å². The van der Waals surface area contributed by atoms with Gasteiger partial charge in [-0.2, -0.15) is 0 Å². The smallest absolute Gasteiger partial charge is 0.00516 e. The summed E-state index contributed by atoms with van der Waals surface area (Å²) in [6.07, 6.45) is 16.9. The van der Waals surface area contributed by atoms with Crippen LogP contribution in [0.3, 0.4) is 0 Å². The molecule has 2 heteroatoms. The van der Waals surface area contributed by atoms with E-state index in [1.807, 2.05) is 12.2 Å². The Hall–Kier alpha value is -1.04. The van der Waals surface area contributed by atoms with Crippen LogP contribution in [-0.4, -0.2) is 49.6 Å². The lowest BCUT2D eigenvalue weighted by molar-refractivity contribution is -0.0410. The number of likely N-dealkylation sites (tertiary alicyclic amines) is 2. The maximum absolute atomic E-state index is 5.13. The van der Waals surface area contributed by atoms with Crippen LogP contribution in [0.5, 0.6) is 0 Å². The monoisotopic (exact) mass is 244 g/mol. The van der Waals surface area contributed by atoms with Crippen molar-refractivity contribution < 1.29 is 0 Å². The highest BCUT2D eigenvalue weighted by Crippen LogP contribution is 2.39. The van der Waals surface area contributed by atoms with Gasteiger partial charge in [-0.3, -0.25) is 0 Å². The molecule has 0 aliphatic carbocycles. The zero-order valence-electron chi connectivity index (χ0n) is 11.4. The van der Waals surface area contributed by atoms with Gasteiger partial charge in [0.1, 0.15) is 0 Å². The Morgan fingerprint density at radius 2 is 1.94 bits per heavy atom. The number of hydrogen-bond acceptors (Lipinski definition) is 2. The molecule has 2 fully saturated rings. The molecule has 2 heterocycles. The zero-order chi connectivity index (χ0) is 12.8. The van der Waals surface area contributed by atoms with Crippen molar-refractivity contribution in [2.75, 3.05) is 39.8 Å². The molecule has 2 aliphatic heterocycles. The predicted molar refractivity (Wildman–Crippen MR) is 77.3 cm³/mol. The summed E-state index contributed by atoms with van der Waals surface area (Å²) >= 11 is 0. The topological polar surface area (TPSA) is 6.48 Å². The van der Waals surface area contributed by atoms with E-state index in [-0.39, 0.29) is 0 Å². The lowest BCUT2D eigenvalue weighted by atomic mass is 9.72. The second-order valence-corrected chi connectivity index (χ2v) is 5.76. The third kappa shape index (κ3) is 3.48. The van der Waals surface area contributed by atoms with Crippen molar-refractivity contribution in [2.24, 2.45) is 5.41 Å². The molecule has 0 bridgehead atoms. The van der Waals surface area contributed by atoms with E-state index in [0.29, 0.717) is 5.41 Å². The van der Waals surface area contributed by atoms with Crippen molar-refractivity contribution in [1.82, 2.24) is 9.80 Å². The molecule has 2 rings (SSSR count). The average molecular weight is 244 g/mol. The predicted octanol–water partition coefficient (Wildman–Crippen LogP) is 2.15. The van der Waals surface area contributed by atoms with Crippen LogP contribution < -0.4 is 0 Å². The lowest BCUT2D eigenvalue weighted by Gasteiger charge is -2.54. The molecule has 98 valence electrons. The first-order chi connectivity index (χ1) is 8.74. The number of terminal acetylenes is 1. The minimum atomic E-state index is 0.666. The molecule has 0 aromatic heterocycles. The Morgan fingerprint density at radius 1 is 1.22 bits per heavy atom. The molecular weight excluding hydrogens is 220 g/mol. The van der Waals surface area contributed by atoms with Crippen LogP contribution in [0.2, 0.25) is 0 Å². The minimum Gasteiger partial charge on any atom is -0.306 e. The van der Waals surface area contributed by atoms with Crippen molar-refractivity contribution in [3.63, 3.8) is 0 Å². The first kappa shape index (κ1) is 13.4. The molecule has 0 N–H and O–H groups in total. The minimum absolute atomic E-state index is 0.666. The van der Waals surface area contributed by atoms with E-state index in [1.165, 1.54) is 45.6 Å². The number of allylic oxidation sites excluding steroid dienone is 3. The van der Waals surface area contributed by atoms with Gasteiger partial charge in [0.2, 0.25) is 0 Å². The highest BCUT2D eigenvalue weighted by molar-refractivity contribution is 5.15. The molecule has 2 aliphatic rings. The van der Waals surface area contributed by atoms with Crippen LogP contribution >= 0.6 is 0 Å². The highest BCUT2D eigenvalue weighted by Gasteiger charge is 2.43. The average Bonchev–Trinajstić information content (AvgIpc) is 2.34. The van der Waals surface area contributed by atoms with Gasteiger partial charge in [0, 0.05) is 19.6 Å². The fraction of sp³-hybridized carbons (Fsp3) is 0.625. The van der Waals surface area contributed by atoms with Crippen LogP contribution in [0.1, 0.15) is 19.3 Å². The van der Waals surface area contributed by atoms with Gasteiger partial charge < -0.3 is 9.80 Å². The van der Waals surface area contributed by atoms with Gasteiger partial charge in [-0.15, -0.1) is 6.42 Å². The Balaban J connectivity index is 1.60. The summed E-state index contributed by atoms with van der Waals surface area (Å²) in [6.45, 7) is 6.39. The summed E-state index contributed by atoms with van der Waals surface area (Å²) in [7, 11) is 2.23. The van der Waals surface area contributed by atoms with Crippen LogP contribution in [0.4, 0.5) is 0 Å². The standard InChI is InChI=1S/C16H24N2/c1-3-4-5-6-7-8-11-18-14-16(15-18)9-12-17(2)13-10-16/h1,4-7H,8-15H2,2H3/b5-4-,7-6-. The fourth-order valence-corrected chi connectivity index (χ4v) is 3.01. The fourth-order valence-electron chi connectivity index (χ4n) is 3.01. The van der Waals surface area contributed by atoms with Crippen LogP contribution in [0.25, 0.3) is 0 Å². The molecule has 0 atom stereocenters. The molecule has 18 heavy (non-hydrogen) atoms. The van der Waals surface area contributed by atoms with Gasteiger partial charge in [0.05, 0.1) is 0 Å². The number of nitrogens with zero attached hydrogens (tertiary/aromatic N) is 2. The number of piperidine rings is 1. The largest absolute Gasteiger partial charge is 0.306 e. The Morgan fingerprint density at radius 3 is 2.61 bits per heavy atom. The third-order valence-electron chi connectivity index (χ3n) is 4.22. The van der Waals surface area contributed by atoms with Crippen molar-refractivity contribution in [2.45, 2.75) is 19.3 Å². The van der Waals surface area contributed by atoms with Crippen molar-refractivity contribution in [3.05, 3.63) is 24.3 Å². The second-order valence-electron chi connectivity index (χ2n) is 5.76. The van der Waals surface area contributed by atoms with Gasteiger partial charge in [-0.25, -0.2) is 0 Å². The molecule has 0 aromatic carbocycles. The van der Waals surface area contributed by atoms with Gasteiger partial charge in [0.25, 0.3) is 0 Å². The van der Waals surface area contributed by atoms with E-state index in [9.17, 15) is 0 Å². The summed E-state index contributed by atoms with van der Waals surface area (Å²) in [6, 6.07) is 0. The van der Waals surface area contributed by atoms with Crippen LogP contribution in [0.15, 0.2) is 24.3 Å². The highest BCUT2D eigenvalue weighted by atomic mass is 15.2. The number of hydrogen-bond donors (Lipinski definition) is 0. The van der Waals surface area contributed by atoms with E-state index >= 15 is 0 Å². The van der Waals surface area contributed by atoms with E-state index in [4.69, 9.17) is 6.42 Å². The SMILES string of the molecule is C#C/C=C\C=C/CCN1CC2(CCN(C)CC2)C1. The maximum Gasteiger partial charge on any atom is 0.00516 e. The van der Waals surface area contributed by atoms with E-state index in [0.717, 1.165) is 6.42 Å². The molecule has 1 spiro atoms. The Labute approximate surface area is 111 Å². The summed E-state index contributed by atoms with van der Waals surface area (Å²) in [5.41, 5.74) is 0.666. The normalized spacial score (nSPS) is 24.7. The zero-order valence-corrected chi connectivity index (χ0v) is 11.4. The van der Waals surface area contributed by atoms with Gasteiger partial charge in [0.15, 0.2) is 0 Å². The summed E-state index contributed by atoms with van der Waals surface area (Å²) in [5.74, 6) is 2.49. The van der Waals surface area contributed by atoms with Crippen LogP contribution in [0, 0.1) is 17.8 Å². The van der Waals surface area contributed by atoms with E-state index < -0.39 is 0 Å². The first-order valence-corrected chi connectivity index (χ1v) is 6.93. The Kier molecular flexibility index (Phi) is 4.63. The van der Waals surface area contributed by atoms with E-state index in [2.05, 4.69) is 28.8 Å². The van der Waals surface area contributed by atoms with E-state index in [1.54, 1.807) is 6.08 Å². The molecule has 0 unspecified atom stereocenters. The molecule has 0 saturated carbocycles. The van der Waals surface area contributed by atoms with Gasteiger partial charge >= 0.3 is 0 Å². The number of rotatable bonds is 4. The van der Waals surface area contributed by atoms with Crippen molar-refractivity contribution in [3.8, 4) is 12.3 Å². The molecule has 2 nitrogen and oxygen atoms in total. The molecule has 0 aromatic rings. The molecule has 0 radical (unpaired) electrons. The lowest BCUT2D eigenvalue weighted by Crippen LogP contribution is -2.59. The van der Waals surface area contributed by atoms with Crippen molar-refractivity contribution >= 4 is 0 Å². The summed E-state index contributed by atoms with van der Waals surface area (Å²) < 4.78 is 0. The Bertz CT molecular complexity index is 346. The summed E-state index contributed by atoms with van der Waals surface area (Å²) in [5, 5.41) is 0. The third-order valence-corrected chi connectivity index (χ3v) is 4.22. The maximum atomic E-state index is 5.13. The van der Waals surface area contributed by atoms with Crippen LogP contribution in [-0.2, 0) is 0 Å².